The second-order valence-electron chi connectivity index (χ2n) is 8.59. The molecule has 4 rings (SSSR count). The van der Waals surface area contributed by atoms with Crippen LogP contribution in [0.4, 0.5) is 0 Å². The van der Waals surface area contributed by atoms with E-state index in [0.29, 0.717) is 41.8 Å². The van der Waals surface area contributed by atoms with Gasteiger partial charge in [-0.1, -0.05) is 72.3 Å². The van der Waals surface area contributed by atoms with E-state index >= 15 is 0 Å². The number of ether oxygens (including phenoxy) is 2. The van der Waals surface area contributed by atoms with Crippen LogP contribution in [0, 0.1) is 6.92 Å². The molecule has 0 spiro atoms. The number of carbonyl (C=O) groups excluding carboxylic acids is 1. The van der Waals surface area contributed by atoms with Crippen molar-refractivity contribution in [3.05, 3.63) is 130 Å². The molecule has 184 valence electrons. The fraction of sp³-hybridized carbons (Fsp3) is 0.194. The number of hydrogen-bond acceptors (Lipinski definition) is 3. The van der Waals surface area contributed by atoms with Crippen LogP contribution in [-0.4, -0.2) is 17.4 Å². The normalized spacial score (nSPS) is 10.6. The largest absolute Gasteiger partial charge is 0.493 e. The van der Waals surface area contributed by atoms with Gasteiger partial charge in [0.15, 0.2) is 0 Å². The van der Waals surface area contributed by atoms with Gasteiger partial charge in [0, 0.05) is 29.2 Å². The van der Waals surface area contributed by atoms with Gasteiger partial charge in [-0.15, -0.1) is 0 Å². The molecule has 0 unspecified atom stereocenters. The van der Waals surface area contributed by atoms with Crippen molar-refractivity contribution < 1.29 is 14.3 Å². The van der Waals surface area contributed by atoms with Crippen molar-refractivity contribution in [2.24, 2.45) is 0 Å². The smallest absolute Gasteiger partial charge is 0.254 e. The zero-order valence-electron chi connectivity index (χ0n) is 20.6. The first-order valence-corrected chi connectivity index (χ1v) is 12.4. The van der Waals surface area contributed by atoms with E-state index in [0.717, 1.165) is 22.3 Å². The Bertz CT molecular complexity index is 1250. The highest BCUT2D eigenvalue weighted by molar-refractivity contribution is 6.31. The summed E-state index contributed by atoms with van der Waals surface area (Å²) in [5.74, 6) is 1.37. The van der Waals surface area contributed by atoms with Gasteiger partial charge in [0.05, 0.1) is 6.61 Å². The summed E-state index contributed by atoms with van der Waals surface area (Å²) in [5.41, 5.74) is 4.51. The predicted octanol–water partition coefficient (Wildman–Crippen LogP) is 7.47. The molecule has 1 amide bonds. The third kappa shape index (κ3) is 6.67. The minimum absolute atomic E-state index is 0.0469. The molecule has 0 bridgehead atoms. The number of halogens is 1. The summed E-state index contributed by atoms with van der Waals surface area (Å²) in [5, 5.41) is 0.696. The third-order valence-electron chi connectivity index (χ3n) is 5.85. The third-order valence-corrected chi connectivity index (χ3v) is 6.27. The number of amides is 1. The lowest BCUT2D eigenvalue weighted by molar-refractivity contribution is 0.0729. The monoisotopic (exact) mass is 499 g/mol. The van der Waals surface area contributed by atoms with Gasteiger partial charge in [-0.3, -0.25) is 4.79 Å². The molecule has 0 heterocycles. The molecule has 0 radical (unpaired) electrons. The Morgan fingerprint density at radius 1 is 0.806 bits per heavy atom. The molecule has 0 aromatic heterocycles. The fourth-order valence-electron chi connectivity index (χ4n) is 3.98. The van der Waals surface area contributed by atoms with Gasteiger partial charge in [-0.05, 0) is 66.9 Å². The number of rotatable bonds is 10. The van der Waals surface area contributed by atoms with Gasteiger partial charge in [-0.25, -0.2) is 0 Å². The Kier molecular flexibility index (Phi) is 8.64. The van der Waals surface area contributed by atoms with Gasteiger partial charge in [0.25, 0.3) is 5.91 Å². The lowest BCUT2D eigenvalue weighted by atomic mass is 10.1. The zero-order valence-corrected chi connectivity index (χ0v) is 21.4. The van der Waals surface area contributed by atoms with Crippen molar-refractivity contribution in [3.63, 3.8) is 0 Å². The molecule has 5 heteroatoms. The molecule has 0 aliphatic heterocycles. The first-order valence-electron chi connectivity index (χ1n) is 12.0. The SMILES string of the molecule is CCOc1ccc(C(=O)N(Cc2ccccc2)Cc2ccccc2)cc1COc1ccc(Cl)c(C)c1. The average Bonchev–Trinajstić information content (AvgIpc) is 2.90. The summed E-state index contributed by atoms with van der Waals surface area (Å²) in [6, 6.07) is 31.2. The molecular weight excluding hydrogens is 470 g/mol. The summed E-state index contributed by atoms with van der Waals surface area (Å²) < 4.78 is 11.9. The van der Waals surface area contributed by atoms with Crippen LogP contribution in [0.3, 0.4) is 0 Å². The van der Waals surface area contributed by atoms with Gasteiger partial charge in [0.1, 0.15) is 18.1 Å². The lowest BCUT2D eigenvalue weighted by Crippen LogP contribution is -2.30. The minimum atomic E-state index is -0.0469. The van der Waals surface area contributed by atoms with Crippen LogP contribution in [0.1, 0.15) is 39.5 Å². The standard InChI is InChI=1S/C31H30ClNO3/c1-3-35-30-17-14-26(19-27(30)22-36-28-15-16-29(32)23(2)18-28)31(34)33(20-24-10-6-4-7-11-24)21-25-12-8-5-9-13-25/h4-19H,3,20-22H2,1-2H3. The predicted molar refractivity (Wildman–Crippen MR) is 145 cm³/mol. The molecular formula is C31H30ClNO3. The van der Waals surface area contributed by atoms with E-state index in [4.69, 9.17) is 21.1 Å². The van der Waals surface area contributed by atoms with Crippen molar-refractivity contribution >= 4 is 17.5 Å². The van der Waals surface area contributed by atoms with Gasteiger partial charge >= 0.3 is 0 Å². The molecule has 0 saturated heterocycles. The Morgan fingerprint density at radius 3 is 2.03 bits per heavy atom. The highest BCUT2D eigenvalue weighted by Crippen LogP contribution is 2.26. The van der Waals surface area contributed by atoms with Gasteiger partial charge in [0.2, 0.25) is 0 Å². The number of benzene rings is 4. The zero-order chi connectivity index (χ0) is 25.3. The fourth-order valence-corrected chi connectivity index (χ4v) is 4.10. The number of nitrogens with zero attached hydrogens (tertiary/aromatic N) is 1. The van der Waals surface area contributed by atoms with Crippen LogP contribution in [0.25, 0.3) is 0 Å². The Labute approximate surface area is 218 Å². The van der Waals surface area contributed by atoms with Crippen LogP contribution >= 0.6 is 11.6 Å². The maximum absolute atomic E-state index is 13.8. The molecule has 0 fully saturated rings. The maximum atomic E-state index is 13.8. The molecule has 0 aliphatic rings. The number of hydrogen-bond donors (Lipinski definition) is 0. The van der Waals surface area contributed by atoms with Gasteiger partial charge < -0.3 is 14.4 Å². The van der Waals surface area contributed by atoms with Crippen molar-refractivity contribution in [2.45, 2.75) is 33.5 Å². The number of carbonyl (C=O) groups is 1. The molecule has 0 saturated carbocycles. The average molecular weight is 500 g/mol. The maximum Gasteiger partial charge on any atom is 0.254 e. The first-order chi connectivity index (χ1) is 17.5. The molecule has 0 N–H and O–H groups in total. The minimum Gasteiger partial charge on any atom is -0.493 e. The lowest BCUT2D eigenvalue weighted by Gasteiger charge is -2.24. The summed E-state index contributed by atoms with van der Waals surface area (Å²) in [6.07, 6.45) is 0. The van der Waals surface area contributed by atoms with Crippen LogP contribution < -0.4 is 9.47 Å². The van der Waals surface area contributed by atoms with Crippen molar-refractivity contribution in [1.29, 1.82) is 0 Å². The summed E-state index contributed by atoms with van der Waals surface area (Å²) in [6.45, 7) is 5.70. The summed E-state index contributed by atoms with van der Waals surface area (Å²) in [4.78, 5) is 15.6. The molecule has 4 nitrogen and oxygen atoms in total. The van der Waals surface area contributed by atoms with Crippen LogP contribution in [0.2, 0.25) is 5.02 Å². The van der Waals surface area contributed by atoms with Crippen molar-refractivity contribution in [1.82, 2.24) is 4.90 Å². The molecule has 0 atom stereocenters. The van der Waals surface area contributed by atoms with E-state index in [9.17, 15) is 4.79 Å². The van der Waals surface area contributed by atoms with Crippen LogP contribution in [0.15, 0.2) is 97.1 Å². The summed E-state index contributed by atoms with van der Waals surface area (Å²) in [7, 11) is 0. The van der Waals surface area contributed by atoms with Gasteiger partial charge in [-0.2, -0.15) is 0 Å². The molecule has 36 heavy (non-hydrogen) atoms. The number of aryl methyl sites for hydroxylation is 1. The topological polar surface area (TPSA) is 38.8 Å². The van der Waals surface area contributed by atoms with Crippen LogP contribution in [0.5, 0.6) is 11.5 Å². The van der Waals surface area contributed by atoms with E-state index in [1.165, 1.54) is 0 Å². The van der Waals surface area contributed by atoms with Crippen LogP contribution in [-0.2, 0) is 19.7 Å². The molecule has 0 aliphatic carbocycles. The second kappa shape index (κ2) is 12.3. The highest BCUT2D eigenvalue weighted by Gasteiger charge is 2.19. The molecule has 4 aromatic rings. The van der Waals surface area contributed by atoms with E-state index in [2.05, 4.69) is 0 Å². The highest BCUT2D eigenvalue weighted by atomic mass is 35.5. The molecule has 4 aromatic carbocycles. The summed E-state index contributed by atoms with van der Waals surface area (Å²) >= 11 is 6.15. The van der Waals surface area contributed by atoms with E-state index in [-0.39, 0.29) is 12.5 Å². The Balaban J connectivity index is 1.60. The second-order valence-corrected chi connectivity index (χ2v) is 8.99. The van der Waals surface area contributed by atoms with E-state index < -0.39 is 0 Å². The van der Waals surface area contributed by atoms with E-state index in [1.807, 2.05) is 116 Å². The van der Waals surface area contributed by atoms with Crippen molar-refractivity contribution in [3.8, 4) is 11.5 Å². The Hall–Kier alpha value is -3.76. The first kappa shape index (κ1) is 25.3. The Morgan fingerprint density at radius 2 is 1.44 bits per heavy atom. The van der Waals surface area contributed by atoms with Crippen molar-refractivity contribution in [2.75, 3.05) is 6.61 Å². The van der Waals surface area contributed by atoms with E-state index in [1.54, 1.807) is 0 Å². The quantitative estimate of drug-likeness (QED) is 0.227.